The topological polar surface area (TPSA) is 47.6 Å². The number of carbonyl (C=O) groups is 1. The Labute approximate surface area is 179 Å². The van der Waals surface area contributed by atoms with E-state index in [1.807, 2.05) is 74.5 Å². The van der Waals surface area contributed by atoms with Crippen molar-refractivity contribution in [1.82, 2.24) is 0 Å². The largest absolute Gasteiger partial charge is 0.490 e. The number of benzene rings is 3. The van der Waals surface area contributed by atoms with Crippen LogP contribution in [0.25, 0.3) is 0 Å². The highest BCUT2D eigenvalue weighted by molar-refractivity contribution is 14.1. The molecular weight excluding hydrogens is 465 g/mol. The number of amides is 1. The Kier molecular flexibility index (Phi) is 6.92. The molecule has 0 atom stereocenters. The monoisotopic (exact) mass is 487 g/mol. The lowest BCUT2D eigenvalue weighted by Gasteiger charge is -2.16. The molecule has 1 N–H and O–H groups in total. The molecule has 0 aliphatic carbocycles. The number of ether oxygens (including phenoxy) is 2. The highest BCUT2D eigenvalue weighted by atomic mass is 127. The molecule has 0 fully saturated rings. The number of nitrogens with one attached hydrogen (secondary N) is 1. The molecule has 0 bridgehead atoms. The fraction of sp³-hybridized carbons (Fsp3) is 0.174. The molecule has 0 saturated heterocycles. The second-order valence-electron chi connectivity index (χ2n) is 6.26. The van der Waals surface area contributed by atoms with Crippen LogP contribution in [-0.2, 0) is 6.61 Å². The second kappa shape index (κ2) is 9.59. The van der Waals surface area contributed by atoms with E-state index in [9.17, 15) is 4.79 Å². The Morgan fingerprint density at radius 3 is 2.43 bits per heavy atom. The number of carbonyl (C=O) groups excluding carboxylic acids is 1. The first-order chi connectivity index (χ1) is 13.6. The minimum Gasteiger partial charge on any atom is -0.490 e. The molecule has 0 saturated carbocycles. The maximum absolute atomic E-state index is 12.8. The predicted molar refractivity (Wildman–Crippen MR) is 120 cm³/mol. The maximum atomic E-state index is 12.8. The third kappa shape index (κ3) is 5.04. The summed E-state index contributed by atoms with van der Waals surface area (Å²) in [5.74, 6) is 1.04. The van der Waals surface area contributed by atoms with Gasteiger partial charge >= 0.3 is 0 Å². The molecule has 0 spiro atoms. The van der Waals surface area contributed by atoms with Crippen molar-refractivity contribution < 1.29 is 14.3 Å². The third-order valence-electron chi connectivity index (χ3n) is 4.19. The van der Waals surface area contributed by atoms with Gasteiger partial charge in [-0.1, -0.05) is 48.5 Å². The first-order valence-corrected chi connectivity index (χ1v) is 10.2. The van der Waals surface area contributed by atoms with E-state index in [-0.39, 0.29) is 5.91 Å². The molecule has 0 radical (unpaired) electrons. The zero-order chi connectivity index (χ0) is 19.9. The molecule has 144 valence electrons. The van der Waals surface area contributed by atoms with Crippen LogP contribution in [0.5, 0.6) is 11.5 Å². The van der Waals surface area contributed by atoms with E-state index >= 15 is 0 Å². The van der Waals surface area contributed by atoms with Gasteiger partial charge in [-0.2, -0.15) is 0 Å². The summed E-state index contributed by atoms with van der Waals surface area (Å²) >= 11 is 2.18. The van der Waals surface area contributed by atoms with Gasteiger partial charge < -0.3 is 14.8 Å². The highest BCUT2D eigenvalue weighted by Gasteiger charge is 2.17. The molecule has 3 aromatic rings. The molecule has 5 heteroatoms. The zero-order valence-electron chi connectivity index (χ0n) is 15.9. The number of aryl methyl sites for hydroxylation is 1. The molecule has 0 unspecified atom stereocenters. The molecular formula is C23H22INO3. The van der Waals surface area contributed by atoms with Crippen LogP contribution >= 0.6 is 22.6 Å². The molecule has 0 aliphatic heterocycles. The van der Waals surface area contributed by atoms with Gasteiger partial charge in [0.1, 0.15) is 6.61 Å². The van der Waals surface area contributed by atoms with Crippen molar-refractivity contribution in [3.05, 3.63) is 87.0 Å². The summed E-state index contributed by atoms with van der Waals surface area (Å²) in [5, 5.41) is 2.96. The highest BCUT2D eigenvalue weighted by Crippen LogP contribution is 2.35. The molecule has 4 nitrogen and oxygen atoms in total. The first-order valence-electron chi connectivity index (χ1n) is 9.08. The quantitative estimate of drug-likeness (QED) is 0.427. The SMILES string of the molecule is CCOc1cc(C(=O)Nc2ccccc2C)cc(I)c1OCc1ccccc1. The van der Waals surface area contributed by atoms with Crippen molar-refractivity contribution in [3.63, 3.8) is 0 Å². The van der Waals surface area contributed by atoms with E-state index in [0.29, 0.717) is 30.3 Å². The zero-order valence-corrected chi connectivity index (χ0v) is 18.0. The minimum atomic E-state index is -0.178. The lowest BCUT2D eigenvalue weighted by atomic mass is 10.1. The average molecular weight is 487 g/mol. The van der Waals surface area contributed by atoms with Crippen LogP contribution in [0.1, 0.15) is 28.4 Å². The van der Waals surface area contributed by atoms with Crippen molar-refractivity contribution >= 4 is 34.2 Å². The van der Waals surface area contributed by atoms with Crippen LogP contribution in [0.4, 0.5) is 5.69 Å². The summed E-state index contributed by atoms with van der Waals surface area (Å²) < 4.78 is 12.6. The first kappa shape index (κ1) is 20.2. The Balaban J connectivity index is 1.83. The van der Waals surface area contributed by atoms with Gasteiger partial charge in [0.15, 0.2) is 11.5 Å². The molecule has 1 amide bonds. The van der Waals surface area contributed by atoms with Crippen molar-refractivity contribution in [2.24, 2.45) is 0 Å². The third-order valence-corrected chi connectivity index (χ3v) is 4.99. The minimum absolute atomic E-state index is 0.178. The Bertz CT molecular complexity index is 957. The number of anilines is 1. The van der Waals surface area contributed by atoms with Gasteiger partial charge in [-0.3, -0.25) is 4.79 Å². The van der Waals surface area contributed by atoms with E-state index in [2.05, 4.69) is 27.9 Å². The summed E-state index contributed by atoms with van der Waals surface area (Å²) in [4.78, 5) is 12.8. The Hall–Kier alpha value is -2.54. The lowest BCUT2D eigenvalue weighted by Crippen LogP contribution is -2.14. The number of halogens is 1. The summed E-state index contributed by atoms with van der Waals surface area (Å²) in [7, 11) is 0. The van der Waals surface area contributed by atoms with Crippen LogP contribution in [0.3, 0.4) is 0 Å². The number of hydrogen-bond acceptors (Lipinski definition) is 3. The summed E-state index contributed by atoms with van der Waals surface area (Å²) in [5.41, 5.74) is 3.41. The van der Waals surface area contributed by atoms with E-state index in [1.165, 1.54) is 0 Å². The summed E-state index contributed by atoms with van der Waals surface area (Å²) in [6.45, 7) is 4.80. The van der Waals surface area contributed by atoms with Crippen molar-refractivity contribution in [3.8, 4) is 11.5 Å². The van der Waals surface area contributed by atoms with E-state index in [4.69, 9.17) is 9.47 Å². The predicted octanol–water partition coefficient (Wildman–Crippen LogP) is 5.83. The summed E-state index contributed by atoms with van der Waals surface area (Å²) in [6, 6.07) is 21.2. The average Bonchev–Trinajstić information content (AvgIpc) is 2.70. The normalized spacial score (nSPS) is 10.4. The molecule has 3 aromatic carbocycles. The van der Waals surface area contributed by atoms with E-state index in [1.54, 1.807) is 6.07 Å². The van der Waals surface area contributed by atoms with Crippen molar-refractivity contribution in [1.29, 1.82) is 0 Å². The van der Waals surface area contributed by atoms with Crippen LogP contribution in [0, 0.1) is 10.5 Å². The molecule has 28 heavy (non-hydrogen) atoms. The van der Waals surface area contributed by atoms with Crippen LogP contribution < -0.4 is 14.8 Å². The van der Waals surface area contributed by atoms with Gasteiger partial charge in [0, 0.05) is 11.3 Å². The second-order valence-corrected chi connectivity index (χ2v) is 7.42. The Morgan fingerprint density at radius 2 is 1.71 bits per heavy atom. The molecule has 0 aromatic heterocycles. The Morgan fingerprint density at radius 1 is 1.00 bits per heavy atom. The molecule has 3 rings (SSSR count). The van der Waals surface area contributed by atoms with Gasteiger partial charge in [-0.25, -0.2) is 0 Å². The van der Waals surface area contributed by atoms with Gasteiger partial charge in [-0.15, -0.1) is 0 Å². The molecule has 0 aliphatic rings. The van der Waals surface area contributed by atoms with Gasteiger partial charge in [0.05, 0.1) is 10.2 Å². The fourth-order valence-electron chi connectivity index (χ4n) is 2.74. The maximum Gasteiger partial charge on any atom is 0.255 e. The molecule has 0 heterocycles. The van der Waals surface area contributed by atoms with E-state index in [0.717, 1.165) is 20.4 Å². The lowest BCUT2D eigenvalue weighted by molar-refractivity contribution is 0.102. The van der Waals surface area contributed by atoms with Crippen molar-refractivity contribution in [2.75, 3.05) is 11.9 Å². The van der Waals surface area contributed by atoms with Crippen molar-refractivity contribution in [2.45, 2.75) is 20.5 Å². The number of rotatable bonds is 7. The van der Waals surface area contributed by atoms with Crippen LogP contribution in [-0.4, -0.2) is 12.5 Å². The van der Waals surface area contributed by atoms with Crippen LogP contribution in [0.15, 0.2) is 66.7 Å². The smallest absolute Gasteiger partial charge is 0.255 e. The number of para-hydroxylation sites is 1. The number of hydrogen-bond donors (Lipinski definition) is 1. The summed E-state index contributed by atoms with van der Waals surface area (Å²) in [6.07, 6.45) is 0. The fourth-order valence-corrected chi connectivity index (χ4v) is 3.50. The van der Waals surface area contributed by atoms with Crippen LogP contribution in [0.2, 0.25) is 0 Å². The van der Waals surface area contributed by atoms with Gasteiger partial charge in [-0.05, 0) is 65.8 Å². The standard InChI is InChI=1S/C23H22INO3/c1-3-27-21-14-18(23(26)25-20-12-8-7-9-16(20)2)13-19(24)22(21)28-15-17-10-5-4-6-11-17/h4-14H,3,15H2,1-2H3,(H,25,26). The van der Waals surface area contributed by atoms with Gasteiger partial charge in [0.2, 0.25) is 0 Å². The van der Waals surface area contributed by atoms with Gasteiger partial charge in [0.25, 0.3) is 5.91 Å². The van der Waals surface area contributed by atoms with E-state index < -0.39 is 0 Å².